The van der Waals surface area contributed by atoms with Crippen LogP contribution in [0.1, 0.15) is 38.2 Å². The third-order valence-electron chi connectivity index (χ3n) is 5.08. The summed E-state index contributed by atoms with van der Waals surface area (Å²) in [7, 11) is -3.21. The van der Waals surface area contributed by atoms with Crippen LogP contribution in [0.25, 0.3) is 21.9 Å². The van der Waals surface area contributed by atoms with Crippen molar-refractivity contribution in [2.24, 2.45) is 5.92 Å². The second-order valence-electron chi connectivity index (χ2n) is 7.53. The molecule has 6 nitrogen and oxygen atoms in total. The molecule has 26 heavy (non-hydrogen) atoms. The quantitative estimate of drug-likeness (QED) is 0.762. The fourth-order valence-corrected chi connectivity index (χ4v) is 5.86. The minimum atomic E-state index is -3.21. The van der Waals surface area contributed by atoms with Gasteiger partial charge in [0, 0.05) is 36.3 Å². The molecule has 1 aliphatic rings. The zero-order valence-corrected chi connectivity index (χ0v) is 16.0. The lowest BCUT2D eigenvalue weighted by Gasteiger charge is -2.33. The number of sulfonamides is 1. The van der Waals surface area contributed by atoms with Gasteiger partial charge in [0.1, 0.15) is 5.65 Å². The SMILES string of the molecule is CC(C)CS(=O)(=O)N1CCCC(c2ccnc3cnc4[nH]ccc4c23)C1. The molecule has 1 atom stereocenters. The third kappa shape index (κ3) is 3.10. The summed E-state index contributed by atoms with van der Waals surface area (Å²) in [5.41, 5.74) is 2.87. The fourth-order valence-electron chi connectivity index (χ4n) is 4.00. The number of nitrogens with one attached hydrogen (secondary N) is 1. The highest BCUT2D eigenvalue weighted by atomic mass is 32.2. The number of aromatic nitrogens is 3. The molecule has 1 fully saturated rings. The summed E-state index contributed by atoms with van der Waals surface area (Å²) in [5.74, 6) is 0.521. The standard InChI is InChI=1S/C19H24N4O2S/c1-13(2)12-26(24,25)23-9-3-4-14(11-23)15-5-7-20-17-10-22-19-16(18(15)17)6-8-21-19/h5-8,10,13-14H,3-4,9,11-12H2,1-2H3,(H,21,22). The average Bonchev–Trinajstić information content (AvgIpc) is 3.09. The molecule has 4 rings (SSSR count). The van der Waals surface area contributed by atoms with Gasteiger partial charge < -0.3 is 4.98 Å². The second-order valence-corrected chi connectivity index (χ2v) is 9.54. The lowest BCUT2D eigenvalue weighted by Crippen LogP contribution is -2.41. The first kappa shape index (κ1) is 17.4. The zero-order chi connectivity index (χ0) is 18.3. The third-order valence-corrected chi connectivity index (χ3v) is 7.29. The lowest BCUT2D eigenvalue weighted by atomic mass is 9.89. The van der Waals surface area contributed by atoms with E-state index in [1.54, 1.807) is 16.7 Å². The highest BCUT2D eigenvalue weighted by Gasteiger charge is 2.31. The monoisotopic (exact) mass is 372 g/mol. The number of aromatic amines is 1. The number of rotatable bonds is 4. The van der Waals surface area contributed by atoms with E-state index < -0.39 is 10.0 Å². The van der Waals surface area contributed by atoms with Crippen LogP contribution in [0, 0.1) is 5.92 Å². The van der Waals surface area contributed by atoms with Crippen molar-refractivity contribution >= 4 is 32.0 Å². The van der Waals surface area contributed by atoms with Gasteiger partial charge in [0.2, 0.25) is 10.0 Å². The first-order valence-electron chi connectivity index (χ1n) is 9.14. The number of hydrogen-bond donors (Lipinski definition) is 1. The Hall–Kier alpha value is -1.99. The summed E-state index contributed by atoms with van der Waals surface area (Å²) in [6.07, 6.45) is 7.34. The number of H-pyrrole nitrogens is 1. The first-order chi connectivity index (χ1) is 12.5. The van der Waals surface area contributed by atoms with Crippen molar-refractivity contribution in [1.82, 2.24) is 19.3 Å². The minimum Gasteiger partial charge on any atom is -0.346 e. The minimum absolute atomic E-state index is 0.132. The maximum atomic E-state index is 12.7. The van der Waals surface area contributed by atoms with Crippen molar-refractivity contribution in [2.75, 3.05) is 18.8 Å². The van der Waals surface area contributed by atoms with Crippen LogP contribution in [0.3, 0.4) is 0 Å². The number of hydrogen-bond acceptors (Lipinski definition) is 4. The van der Waals surface area contributed by atoms with Crippen LogP contribution in [0.15, 0.2) is 30.7 Å². The predicted molar refractivity (Wildman–Crippen MR) is 104 cm³/mol. The molecule has 0 aromatic carbocycles. The van der Waals surface area contributed by atoms with Crippen LogP contribution in [0.2, 0.25) is 0 Å². The lowest BCUT2D eigenvalue weighted by molar-refractivity contribution is 0.315. The van der Waals surface area contributed by atoms with Gasteiger partial charge in [-0.25, -0.2) is 17.7 Å². The summed E-state index contributed by atoms with van der Waals surface area (Å²) in [5, 5.41) is 2.14. The largest absolute Gasteiger partial charge is 0.346 e. The van der Waals surface area contributed by atoms with Crippen molar-refractivity contribution in [3.8, 4) is 0 Å². The number of piperidine rings is 1. The summed E-state index contributed by atoms with van der Waals surface area (Å²) < 4.78 is 27.1. The molecule has 3 aromatic heterocycles. The van der Waals surface area contributed by atoms with Crippen molar-refractivity contribution in [1.29, 1.82) is 0 Å². The summed E-state index contributed by atoms with van der Waals surface area (Å²) >= 11 is 0. The van der Waals surface area contributed by atoms with Crippen LogP contribution in [-0.4, -0.2) is 46.5 Å². The Kier molecular flexibility index (Phi) is 4.44. The first-order valence-corrected chi connectivity index (χ1v) is 10.7. The molecule has 0 spiro atoms. The van der Waals surface area contributed by atoms with Crippen LogP contribution in [0.5, 0.6) is 0 Å². The molecule has 1 unspecified atom stereocenters. The normalized spacial score (nSPS) is 19.6. The van der Waals surface area contributed by atoms with E-state index in [4.69, 9.17) is 0 Å². The molecule has 3 aromatic rings. The van der Waals surface area contributed by atoms with Crippen molar-refractivity contribution in [2.45, 2.75) is 32.6 Å². The van der Waals surface area contributed by atoms with Crippen molar-refractivity contribution in [3.63, 3.8) is 0 Å². The maximum absolute atomic E-state index is 12.7. The van der Waals surface area contributed by atoms with E-state index in [1.165, 1.54) is 5.56 Å². The highest BCUT2D eigenvalue weighted by molar-refractivity contribution is 7.89. The predicted octanol–water partition coefficient (Wildman–Crippen LogP) is 3.28. The fraction of sp³-hybridized carbons (Fsp3) is 0.474. The van der Waals surface area contributed by atoms with Crippen LogP contribution < -0.4 is 0 Å². The van der Waals surface area contributed by atoms with Gasteiger partial charge >= 0.3 is 0 Å². The van der Waals surface area contributed by atoms with E-state index in [0.29, 0.717) is 13.1 Å². The van der Waals surface area contributed by atoms with E-state index in [2.05, 4.69) is 15.0 Å². The van der Waals surface area contributed by atoms with E-state index in [0.717, 1.165) is 34.8 Å². The van der Waals surface area contributed by atoms with E-state index in [9.17, 15) is 8.42 Å². The number of pyridine rings is 2. The molecule has 0 amide bonds. The number of nitrogens with zero attached hydrogens (tertiary/aromatic N) is 3. The molecular formula is C19H24N4O2S. The van der Waals surface area contributed by atoms with Gasteiger partial charge in [-0.15, -0.1) is 0 Å². The Morgan fingerprint density at radius 3 is 2.96 bits per heavy atom. The van der Waals surface area contributed by atoms with E-state index in [1.807, 2.05) is 32.2 Å². The molecule has 1 aliphatic heterocycles. The Bertz CT molecular complexity index is 1040. The van der Waals surface area contributed by atoms with Gasteiger partial charge in [-0.2, -0.15) is 0 Å². The van der Waals surface area contributed by atoms with Gasteiger partial charge in [0.05, 0.1) is 17.5 Å². The van der Waals surface area contributed by atoms with Gasteiger partial charge in [0.25, 0.3) is 0 Å². The molecular weight excluding hydrogens is 348 g/mol. The molecule has 4 heterocycles. The van der Waals surface area contributed by atoms with Crippen molar-refractivity contribution < 1.29 is 8.42 Å². The Labute approximate surface area is 153 Å². The Balaban J connectivity index is 1.75. The molecule has 1 saturated heterocycles. The molecule has 0 bridgehead atoms. The topological polar surface area (TPSA) is 79.0 Å². The Morgan fingerprint density at radius 2 is 2.15 bits per heavy atom. The average molecular weight is 372 g/mol. The van der Waals surface area contributed by atoms with Gasteiger partial charge in [0.15, 0.2) is 0 Å². The summed E-state index contributed by atoms with van der Waals surface area (Å²) in [6.45, 7) is 5.06. The van der Waals surface area contributed by atoms with E-state index in [-0.39, 0.29) is 17.6 Å². The van der Waals surface area contributed by atoms with E-state index >= 15 is 0 Å². The summed E-state index contributed by atoms with van der Waals surface area (Å²) in [4.78, 5) is 12.0. The molecule has 1 N–H and O–H groups in total. The Morgan fingerprint density at radius 1 is 1.31 bits per heavy atom. The maximum Gasteiger partial charge on any atom is 0.214 e. The van der Waals surface area contributed by atoms with Gasteiger partial charge in [-0.1, -0.05) is 13.8 Å². The number of fused-ring (bicyclic) bond motifs is 3. The molecule has 138 valence electrons. The zero-order valence-electron chi connectivity index (χ0n) is 15.1. The second kappa shape index (κ2) is 6.63. The molecule has 0 aliphatic carbocycles. The molecule has 0 saturated carbocycles. The summed E-state index contributed by atoms with van der Waals surface area (Å²) in [6, 6.07) is 4.06. The van der Waals surface area contributed by atoms with Crippen LogP contribution in [0.4, 0.5) is 0 Å². The molecule has 7 heteroatoms. The van der Waals surface area contributed by atoms with Crippen molar-refractivity contribution in [3.05, 3.63) is 36.3 Å². The molecule has 0 radical (unpaired) electrons. The smallest absolute Gasteiger partial charge is 0.214 e. The highest BCUT2D eigenvalue weighted by Crippen LogP contribution is 2.35. The van der Waals surface area contributed by atoms with Gasteiger partial charge in [-0.05, 0) is 42.4 Å². The van der Waals surface area contributed by atoms with Crippen LogP contribution in [-0.2, 0) is 10.0 Å². The van der Waals surface area contributed by atoms with Crippen LogP contribution >= 0.6 is 0 Å². The van der Waals surface area contributed by atoms with Gasteiger partial charge in [-0.3, -0.25) is 4.98 Å².